The van der Waals surface area contributed by atoms with E-state index in [2.05, 4.69) is 9.88 Å². The molecule has 2 amide bonds. The van der Waals surface area contributed by atoms with Gasteiger partial charge in [0.05, 0.1) is 11.8 Å². The predicted molar refractivity (Wildman–Crippen MR) is 125 cm³/mol. The maximum Gasteiger partial charge on any atom is 0.270 e. The topological polar surface area (TPSA) is 63.6 Å². The second-order valence-corrected chi connectivity index (χ2v) is 8.76. The number of anilines is 1. The Labute approximate surface area is 187 Å². The second-order valence-electron chi connectivity index (χ2n) is 8.38. The number of thiocarbonyl (C=S) groups is 1. The molecule has 2 aliphatic heterocycles. The Morgan fingerprint density at radius 1 is 1.13 bits per heavy atom. The van der Waals surface area contributed by atoms with E-state index in [4.69, 9.17) is 17.0 Å². The van der Waals surface area contributed by atoms with E-state index in [1.54, 1.807) is 6.08 Å². The molecule has 7 heteroatoms. The highest BCUT2D eigenvalue weighted by Gasteiger charge is 2.35. The van der Waals surface area contributed by atoms with Crippen molar-refractivity contribution in [2.24, 2.45) is 0 Å². The van der Waals surface area contributed by atoms with Crippen molar-refractivity contribution >= 4 is 40.9 Å². The Morgan fingerprint density at radius 3 is 2.48 bits per heavy atom. The summed E-state index contributed by atoms with van der Waals surface area (Å²) in [5, 5.41) is 2.77. The molecule has 1 aromatic carbocycles. The van der Waals surface area contributed by atoms with E-state index >= 15 is 0 Å². The molecule has 1 N–H and O–H groups in total. The Morgan fingerprint density at radius 2 is 1.84 bits per heavy atom. The number of rotatable bonds is 4. The number of aryl methyl sites for hydroxylation is 3. The molecule has 2 aliphatic rings. The Balaban J connectivity index is 1.69. The fourth-order valence-electron chi connectivity index (χ4n) is 4.37. The lowest BCUT2D eigenvalue weighted by molar-refractivity contribution is -0.122. The summed E-state index contributed by atoms with van der Waals surface area (Å²) in [4.78, 5) is 27.4. The molecule has 0 unspecified atom stereocenters. The summed E-state index contributed by atoms with van der Waals surface area (Å²) in [7, 11) is 0. The van der Waals surface area contributed by atoms with Gasteiger partial charge in [-0.15, -0.1) is 0 Å². The van der Waals surface area contributed by atoms with Crippen LogP contribution in [0.5, 0.6) is 0 Å². The maximum absolute atomic E-state index is 13.3. The molecule has 0 bridgehead atoms. The highest BCUT2D eigenvalue weighted by atomic mass is 32.1. The van der Waals surface area contributed by atoms with Crippen molar-refractivity contribution in [2.75, 3.05) is 11.5 Å². The summed E-state index contributed by atoms with van der Waals surface area (Å²) < 4.78 is 7.97. The zero-order valence-corrected chi connectivity index (χ0v) is 19.1. The minimum Gasteiger partial charge on any atom is -0.376 e. The molecule has 2 fully saturated rings. The number of ether oxygens (including phenoxy) is 1. The number of nitrogens with zero attached hydrogens (tertiary/aromatic N) is 2. The van der Waals surface area contributed by atoms with Crippen LogP contribution in [0, 0.1) is 27.7 Å². The molecule has 1 aromatic heterocycles. The molecule has 0 aliphatic carbocycles. The average molecular weight is 438 g/mol. The lowest BCUT2D eigenvalue weighted by Gasteiger charge is -2.29. The monoisotopic (exact) mass is 437 g/mol. The van der Waals surface area contributed by atoms with E-state index in [0.29, 0.717) is 5.69 Å². The molecule has 1 atom stereocenters. The van der Waals surface area contributed by atoms with Gasteiger partial charge in [0.25, 0.3) is 11.8 Å². The van der Waals surface area contributed by atoms with Crippen LogP contribution < -0.4 is 10.2 Å². The Hall–Kier alpha value is -2.77. The number of hydrogen-bond acceptors (Lipinski definition) is 4. The maximum atomic E-state index is 13.3. The van der Waals surface area contributed by atoms with E-state index < -0.39 is 11.8 Å². The molecule has 162 valence electrons. The van der Waals surface area contributed by atoms with Gasteiger partial charge in [-0.3, -0.25) is 19.8 Å². The van der Waals surface area contributed by atoms with Crippen molar-refractivity contribution in [3.05, 3.63) is 57.9 Å². The van der Waals surface area contributed by atoms with Gasteiger partial charge in [0, 0.05) is 24.5 Å². The van der Waals surface area contributed by atoms with E-state index in [0.717, 1.165) is 54.1 Å². The van der Waals surface area contributed by atoms with Crippen molar-refractivity contribution in [1.29, 1.82) is 0 Å². The predicted octanol–water partition coefficient (Wildman–Crippen LogP) is 3.73. The summed E-state index contributed by atoms with van der Waals surface area (Å²) in [5.41, 5.74) is 5.70. The number of amides is 2. The average Bonchev–Trinajstić information content (AvgIpc) is 3.28. The first-order valence-electron chi connectivity index (χ1n) is 10.5. The van der Waals surface area contributed by atoms with E-state index in [9.17, 15) is 9.59 Å². The van der Waals surface area contributed by atoms with Gasteiger partial charge < -0.3 is 9.30 Å². The highest BCUT2D eigenvalue weighted by Crippen LogP contribution is 2.26. The van der Waals surface area contributed by atoms with Gasteiger partial charge in [-0.05, 0) is 93.7 Å². The number of benzene rings is 1. The van der Waals surface area contributed by atoms with Crippen LogP contribution in [0.2, 0.25) is 0 Å². The summed E-state index contributed by atoms with van der Waals surface area (Å²) in [5.74, 6) is -0.887. The van der Waals surface area contributed by atoms with Crippen LogP contribution in [0.3, 0.4) is 0 Å². The number of nitrogens with one attached hydrogen (secondary N) is 1. The molecule has 3 heterocycles. The zero-order valence-electron chi connectivity index (χ0n) is 18.3. The summed E-state index contributed by atoms with van der Waals surface area (Å²) in [6.45, 7) is 9.55. The molecular formula is C24H27N3O3S. The normalized spacial score (nSPS) is 20.6. The number of carbonyl (C=O) groups is 2. The first-order chi connectivity index (χ1) is 14.7. The van der Waals surface area contributed by atoms with Gasteiger partial charge in [-0.25, -0.2) is 0 Å². The van der Waals surface area contributed by atoms with Gasteiger partial charge in [0.2, 0.25) is 0 Å². The number of hydrogen-bond donors (Lipinski definition) is 1. The third-order valence-corrected chi connectivity index (χ3v) is 6.17. The summed E-state index contributed by atoms with van der Waals surface area (Å²) >= 11 is 5.33. The van der Waals surface area contributed by atoms with Crippen molar-refractivity contribution in [3.63, 3.8) is 0 Å². The molecule has 2 aromatic rings. The zero-order chi connectivity index (χ0) is 22.3. The standard InChI is InChI=1S/C24H27N3O3S/c1-14-8-15(2)10-19(9-14)27-23(29)21(22(28)25-24(27)31)12-18-11-16(3)26(17(18)4)13-20-6-5-7-30-20/h8-12,20H,5-7,13H2,1-4H3,(H,25,28,31)/b21-12+/t20-/m1/s1. The van der Waals surface area contributed by atoms with Crippen molar-refractivity contribution < 1.29 is 14.3 Å². The van der Waals surface area contributed by atoms with E-state index in [1.807, 2.05) is 52.0 Å². The van der Waals surface area contributed by atoms with Crippen LogP contribution in [0.4, 0.5) is 5.69 Å². The quantitative estimate of drug-likeness (QED) is 0.450. The number of aromatic nitrogens is 1. The van der Waals surface area contributed by atoms with Crippen LogP contribution in [0.25, 0.3) is 6.08 Å². The van der Waals surface area contributed by atoms with Crippen LogP contribution in [0.1, 0.15) is 40.9 Å². The molecule has 31 heavy (non-hydrogen) atoms. The largest absolute Gasteiger partial charge is 0.376 e. The second kappa shape index (κ2) is 8.40. The fourth-order valence-corrected chi connectivity index (χ4v) is 4.65. The smallest absolute Gasteiger partial charge is 0.270 e. The van der Waals surface area contributed by atoms with E-state index in [-0.39, 0.29) is 16.8 Å². The first-order valence-corrected chi connectivity index (χ1v) is 10.9. The molecule has 2 saturated heterocycles. The molecule has 4 rings (SSSR count). The van der Waals surface area contributed by atoms with Gasteiger partial charge in [0.15, 0.2) is 5.11 Å². The lowest BCUT2D eigenvalue weighted by atomic mass is 10.1. The van der Waals surface area contributed by atoms with Gasteiger partial charge in [0.1, 0.15) is 5.57 Å². The minimum absolute atomic E-state index is 0.0742. The third-order valence-electron chi connectivity index (χ3n) is 5.89. The van der Waals surface area contributed by atoms with Gasteiger partial charge in [-0.2, -0.15) is 0 Å². The first kappa shape index (κ1) is 21.5. The highest BCUT2D eigenvalue weighted by molar-refractivity contribution is 7.80. The van der Waals surface area contributed by atoms with Crippen LogP contribution in [0.15, 0.2) is 29.8 Å². The molecule has 6 nitrogen and oxygen atoms in total. The molecule has 0 spiro atoms. The molecule has 0 radical (unpaired) electrons. The van der Waals surface area contributed by atoms with Crippen molar-refractivity contribution in [3.8, 4) is 0 Å². The van der Waals surface area contributed by atoms with Crippen molar-refractivity contribution in [2.45, 2.75) is 53.2 Å². The van der Waals surface area contributed by atoms with Crippen LogP contribution in [-0.2, 0) is 20.9 Å². The molecule has 0 saturated carbocycles. The van der Waals surface area contributed by atoms with Crippen molar-refractivity contribution in [1.82, 2.24) is 9.88 Å². The molecular weight excluding hydrogens is 410 g/mol. The SMILES string of the molecule is Cc1cc(C)cc(N2C(=O)/C(=C/c3cc(C)n(C[C@H]4CCCO4)c3C)C(=O)NC2=S)c1. The van der Waals surface area contributed by atoms with Crippen LogP contribution >= 0.6 is 12.2 Å². The van der Waals surface area contributed by atoms with E-state index in [1.165, 1.54) is 4.90 Å². The fraction of sp³-hybridized carbons (Fsp3) is 0.375. The number of carbonyl (C=O) groups excluding carboxylic acids is 2. The minimum atomic E-state index is -0.473. The summed E-state index contributed by atoms with van der Waals surface area (Å²) in [6, 6.07) is 7.81. The lowest BCUT2D eigenvalue weighted by Crippen LogP contribution is -2.54. The Bertz CT molecular complexity index is 1090. The van der Waals surface area contributed by atoms with Gasteiger partial charge >= 0.3 is 0 Å². The Kier molecular flexibility index (Phi) is 5.81. The van der Waals surface area contributed by atoms with Gasteiger partial charge in [-0.1, -0.05) is 6.07 Å². The summed E-state index contributed by atoms with van der Waals surface area (Å²) in [6.07, 6.45) is 4.02. The third kappa shape index (κ3) is 4.20. The van der Waals surface area contributed by atoms with Crippen LogP contribution in [-0.4, -0.2) is 34.2 Å².